The molecule has 2 N–H and O–H groups in total. The van der Waals surface area contributed by atoms with Gasteiger partial charge in [0.1, 0.15) is 0 Å². The van der Waals surface area contributed by atoms with Gasteiger partial charge in [-0.1, -0.05) is 19.0 Å². The molecule has 0 radical (unpaired) electrons. The molecule has 0 aliphatic carbocycles. The third-order valence-electron chi connectivity index (χ3n) is 1.59. The fourth-order valence-corrected chi connectivity index (χ4v) is 1.69. The van der Waals surface area contributed by atoms with E-state index < -0.39 is 0 Å². The van der Waals surface area contributed by atoms with Crippen LogP contribution in [0.1, 0.15) is 38.4 Å². The van der Waals surface area contributed by atoms with Gasteiger partial charge < -0.3 is 10.3 Å². The summed E-state index contributed by atoms with van der Waals surface area (Å²) in [5.41, 5.74) is 5.62. The number of hydrogen-bond acceptors (Lipinski definition) is 5. The molecule has 0 saturated carbocycles. The van der Waals surface area contributed by atoms with Crippen molar-refractivity contribution in [2.24, 2.45) is 5.73 Å². The predicted molar refractivity (Wildman–Crippen MR) is 58.2 cm³/mol. The Morgan fingerprint density at radius 2 is 2.14 bits per heavy atom. The molecule has 5 heteroatoms. The lowest BCUT2D eigenvalue weighted by Crippen LogP contribution is -2.17. The van der Waals surface area contributed by atoms with Crippen molar-refractivity contribution < 1.29 is 4.52 Å². The first-order valence-electron chi connectivity index (χ1n) is 4.75. The van der Waals surface area contributed by atoms with Gasteiger partial charge in [0.2, 0.25) is 5.89 Å². The van der Waals surface area contributed by atoms with Gasteiger partial charge in [-0.3, -0.25) is 0 Å². The van der Waals surface area contributed by atoms with Crippen LogP contribution in [0.15, 0.2) is 4.52 Å². The molecule has 1 unspecified atom stereocenters. The van der Waals surface area contributed by atoms with Crippen LogP contribution in [-0.4, -0.2) is 21.9 Å². The molecule has 4 nitrogen and oxygen atoms in total. The number of nitrogens with two attached hydrogens (primary N) is 1. The van der Waals surface area contributed by atoms with E-state index in [1.54, 1.807) is 11.8 Å². The van der Waals surface area contributed by atoms with Gasteiger partial charge in [-0.05, 0) is 6.92 Å². The molecule has 80 valence electrons. The first-order valence-corrected chi connectivity index (χ1v) is 5.91. The minimum absolute atomic E-state index is 0.219. The van der Waals surface area contributed by atoms with Gasteiger partial charge in [0, 0.05) is 17.7 Å². The third kappa shape index (κ3) is 3.67. The highest BCUT2D eigenvalue weighted by Crippen LogP contribution is 2.14. The maximum Gasteiger partial charge on any atom is 0.229 e. The summed E-state index contributed by atoms with van der Waals surface area (Å²) in [4.78, 5) is 4.27. The molecule has 1 rings (SSSR count). The van der Waals surface area contributed by atoms with E-state index in [1.165, 1.54) is 0 Å². The third-order valence-corrected chi connectivity index (χ3v) is 2.81. The summed E-state index contributed by atoms with van der Waals surface area (Å²) in [5, 5.41) is 3.89. The van der Waals surface area contributed by atoms with Crippen LogP contribution in [-0.2, 0) is 5.75 Å². The van der Waals surface area contributed by atoms with E-state index in [4.69, 9.17) is 10.3 Å². The zero-order valence-corrected chi connectivity index (χ0v) is 9.67. The molecule has 0 bridgehead atoms. The molecular weight excluding hydrogens is 198 g/mol. The molecule has 0 fully saturated rings. The molecule has 1 aromatic rings. The van der Waals surface area contributed by atoms with Crippen LogP contribution in [0.4, 0.5) is 0 Å². The summed E-state index contributed by atoms with van der Waals surface area (Å²) < 4.78 is 5.08. The van der Waals surface area contributed by atoms with Crippen molar-refractivity contribution in [3.05, 3.63) is 11.7 Å². The van der Waals surface area contributed by atoms with Crippen molar-refractivity contribution in [3.8, 4) is 0 Å². The molecule has 0 saturated heterocycles. The van der Waals surface area contributed by atoms with E-state index in [2.05, 4.69) is 10.1 Å². The molecule has 0 aliphatic heterocycles. The van der Waals surface area contributed by atoms with Crippen LogP contribution in [0, 0.1) is 0 Å². The quantitative estimate of drug-likeness (QED) is 0.811. The monoisotopic (exact) mass is 215 g/mol. The number of aromatic nitrogens is 2. The van der Waals surface area contributed by atoms with Crippen LogP contribution in [0.3, 0.4) is 0 Å². The first kappa shape index (κ1) is 11.5. The van der Waals surface area contributed by atoms with Gasteiger partial charge in [-0.2, -0.15) is 16.7 Å². The van der Waals surface area contributed by atoms with Crippen LogP contribution in [0.2, 0.25) is 0 Å². The fraction of sp³-hybridized carbons (Fsp3) is 0.778. The van der Waals surface area contributed by atoms with Gasteiger partial charge in [-0.25, -0.2) is 0 Å². The van der Waals surface area contributed by atoms with Crippen molar-refractivity contribution in [2.75, 3.05) is 5.75 Å². The molecule has 0 amide bonds. The lowest BCUT2D eigenvalue weighted by atomic mass is 10.2. The van der Waals surface area contributed by atoms with E-state index in [1.807, 2.05) is 20.8 Å². The Balaban J connectivity index is 2.36. The number of hydrogen-bond donors (Lipinski definition) is 1. The highest BCUT2D eigenvalue weighted by atomic mass is 32.2. The summed E-state index contributed by atoms with van der Waals surface area (Å²) in [5.74, 6) is 3.47. The van der Waals surface area contributed by atoms with Crippen LogP contribution < -0.4 is 5.73 Å². The number of rotatable bonds is 5. The van der Waals surface area contributed by atoms with Crippen LogP contribution in [0.25, 0.3) is 0 Å². The van der Waals surface area contributed by atoms with Crippen LogP contribution in [0.5, 0.6) is 0 Å². The second kappa shape index (κ2) is 5.36. The van der Waals surface area contributed by atoms with Crippen LogP contribution >= 0.6 is 11.8 Å². The molecule has 1 heterocycles. The molecule has 0 spiro atoms. The summed E-state index contributed by atoms with van der Waals surface area (Å²) in [7, 11) is 0. The average Bonchev–Trinajstić information content (AvgIpc) is 2.52. The topological polar surface area (TPSA) is 64.9 Å². The molecule has 1 aromatic heterocycles. The lowest BCUT2D eigenvalue weighted by Gasteiger charge is -2.01. The SMILES string of the molecule is CC(N)CSCc1noc(C(C)C)n1. The van der Waals surface area contributed by atoms with Gasteiger partial charge in [0.15, 0.2) is 5.82 Å². The highest BCUT2D eigenvalue weighted by molar-refractivity contribution is 7.98. The van der Waals surface area contributed by atoms with Crippen molar-refractivity contribution >= 4 is 11.8 Å². The summed E-state index contributed by atoms with van der Waals surface area (Å²) in [6, 6.07) is 0.219. The molecule has 0 aliphatic rings. The van der Waals surface area contributed by atoms with Gasteiger partial charge >= 0.3 is 0 Å². The van der Waals surface area contributed by atoms with Crippen molar-refractivity contribution in [2.45, 2.75) is 38.5 Å². The lowest BCUT2D eigenvalue weighted by molar-refractivity contribution is 0.362. The normalized spacial score (nSPS) is 13.5. The summed E-state index contributed by atoms with van der Waals surface area (Å²) >= 11 is 1.73. The fourth-order valence-electron chi connectivity index (χ4n) is 0.897. The first-order chi connectivity index (χ1) is 6.59. The molecular formula is C9H17N3OS. The second-order valence-corrected chi connectivity index (χ2v) is 4.73. The van der Waals surface area contributed by atoms with Gasteiger partial charge in [-0.15, -0.1) is 0 Å². The van der Waals surface area contributed by atoms with E-state index in [-0.39, 0.29) is 6.04 Å². The second-order valence-electron chi connectivity index (χ2n) is 3.70. The number of nitrogens with zero attached hydrogens (tertiary/aromatic N) is 2. The van der Waals surface area contributed by atoms with E-state index in [0.717, 1.165) is 17.3 Å². The maximum absolute atomic E-state index is 5.62. The summed E-state index contributed by atoms with van der Waals surface area (Å²) in [6.45, 7) is 6.06. The van der Waals surface area contributed by atoms with Gasteiger partial charge in [0.05, 0.1) is 5.75 Å². The zero-order valence-electron chi connectivity index (χ0n) is 8.86. The summed E-state index contributed by atoms with van der Waals surface area (Å²) in [6.07, 6.45) is 0. The predicted octanol–water partition coefficient (Wildman–Crippen LogP) is 1.77. The smallest absolute Gasteiger partial charge is 0.229 e. The van der Waals surface area contributed by atoms with Crippen molar-refractivity contribution in [1.82, 2.24) is 10.1 Å². The largest absolute Gasteiger partial charge is 0.339 e. The maximum atomic E-state index is 5.62. The highest BCUT2D eigenvalue weighted by Gasteiger charge is 2.09. The van der Waals surface area contributed by atoms with E-state index in [0.29, 0.717) is 11.8 Å². The molecule has 14 heavy (non-hydrogen) atoms. The van der Waals surface area contributed by atoms with E-state index in [9.17, 15) is 0 Å². The van der Waals surface area contributed by atoms with E-state index >= 15 is 0 Å². The molecule has 0 aromatic carbocycles. The average molecular weight is 215 g/mol. The minimum atomic E-state index is 0.219. The Morgan fingerprint density at radius 3 is 2.64 bits per heavy atom. The minimum Gasteiger partial charge on any atom is -0.339 e. The molecule has 1 atom stereocenters. The van der Waals surface area contributed by atoms with Crippen molar-refractivity contribution in [3.63, 3.8) is 0 Å². The zero-order chi connectivity index (χ0) is 10.6. The van der Waals surface area contributed by atoms with Crippen molar-refractivity contribution in [1.29, 1.82) is 0 Å². The van der Waals surface area contributed by atoms with Gasteiger partial charge in [0.25, 0.3) is 0 Å². The standard InChI is InChI=1S/C9H17N3OS/c1-6(2)9-11-8(12-13-9)5-14-4-7(3)10/h6-7H,4-5,10H2,1-3H3. The Kier molecular flexibility index (Phi) is 4.41. The Morgan fingerprint density at radius 1 is 1.43 bits per heavy atom. The Hall–Kier alpha value is -0.550. The number of thioether (sulfide) groups is 1. The Bertz CT molecular complexity index is 273. The Labute approximate surface area is 88.6 Å².